The minimum Gasteiger partial charge on any atom is -0.495 e. The van der Waals surface area contributed by atoms with Crippen LogP contribution in [0.4, 0.5) is 16.2 Å². The Labute approximate surface area is 228 Å². The Morgan fingerprint density at radius 2 is 1.51 bits per heavy atom. The molecule has 39 heavy (non-hydrogen) atoms. The highest BCUT2D eigenvalue weighted by molar-refractivity contribution is 6.20. The number of anilines is 2. The molecule has 4 amide bonds. The van der Waals surface area contributed by atoms with Crippen molar-refractivity contribution in [2.45, 2.75) is 26.3 Å². The largest absolute Gasteiger partial charge is 0.495 e. The minimum atomic E-state index is -1.44. The van der Waals surface area contributed by atoms with Gasteiger partial charge < -0.3 is 19.1 Å². The zero-order valence-corrected chi connectivity index (χ0v) is 23.0. The highest BCUT2D eigenvalue weighted by Gasteiger charge is 2.64. The van der Waals surface area contributed by atoms with Crippen LogP contribution in [0.5, 0.6) is 5.75 Å². The van der Waals surface area contributed by atoms with Crippen LogP contribution in [0.3, 0.4) is 0 Å². The molecule has 2 aromatic carbocycles. The summed E-state index contributed by atoms with van der Waals surface area (Å²) >= 11 is 0. The molecule has 3 aliphatic heterocycles. The van der Waals surface area contributed by atoms with E-state index in [-0.39, 0.29) is 6.42 Å². The van der Waals surface area contributed by atoms with Gasteiger partial charge in [-0.05, 0) is 68.3 Å². The second-order valence-corrected chi connectivity index (χ2v) is 10.8. The molecule has 0 bridgehead atoms. The van der Waals surface area contributed by atoms with Crippen molar-refractivity contribution in [2.75, 3.05) is 50.6 Å². The molecule has 1 atom stereocenters. The Morgan fingerprint density at radius 3 is 2.18 bits per heavy atom. The molecule has 3 aliphatic rings. The highest BCUT2D eigenvalue weighted by Crippen LogP contribution is 2.48. The first-order valence-corrected chi connectivity index (χ1v) is 13.2. The molecular weight excluding hydrogens is 494 g/mol. The van der Waals surface area contributed by atoms with Gasteiger partial charge in [0, 0.05) is 56.5 Å². The molecule has 9 nitrogen and oxygen atoms in total. The second kappa shape index (κ2) is 8.90. The Bertz CT molecular complexity index is 1470. The van der Waals surface area contributed by atoms with E-state index in [2.05, 4.69) is 58.5 Å². The normalized spacial score (nSPS) is 20.4. The number of piperazine rings is 1. The van der Waals surface area contributed by atoms with E-state index in [1.54, 1.807) is 7.11 Å². The molecule has 2 fully saturated rings. The van der Waals surface area contributed by atoms with Crippen LogP contribution in [0.15, 0.2) is 54.6 Å². The maximum absolute atomic E-state index is 14.1. The third-order valence-corrected chi connectivity index (χ3v) is 8.69. The number of aromatic nitrogens is 1. The number of methoxy groups -OCH3 is 1. The molecular formula is C30H33N5O4. The number of fused-ring (bicyclic) bond motifs is 4. The van der Waals surface area contributed by atoms with Crippen molar-refractivity contribution in [3.63, 3.8) is 0 Å². The van der Waals surface area contributed by atoms with Gasteiger partial charge in [-0.25, -0.2) is 4.79 Å². The zero-order valence-electron chi connectivity index (χ0n) is 23.0. The van der Waals surface area contributed by atoms with E-state index in [1.165, 1.54) is 14.1 Å². The van der Waals surface area contributed by atoms with Crippen LogP contribution in [0.1, 0.15) is 17.0 Å². The number of rotatable bonds is 3. The first-order valence-electron chi connectivity index (χ1n) is 13.2. The number of hydrogen-bond acceptors (Lipinski definition) is 6. The average Bonchev–Trinajstić information content (AvgIpc) is 3.30. The van der Waals surface area contributed by atoms with Gasteiger partial charge in [0.05, 0.1) is 18.8 Å². The quantitative estimate of drug-likeness (QED) is 0.486. The maximum Gasteiger partial charge on any atom is 0.332 e. The fourth-order valence-electron chi connectivity index (χ4n) is 6.75. The third kappa shape index (κ3) is 3.48. The van der Waals surface area contributed by atoms with Crippen LogP contribution < -0.4 is 14.5 Å². The smallest absolute Gasteiger partial charge is 0.332 e. The van der Waals surface area contributed by atoms with E-state index >= 15 is 0 Å². The molecule has 0 radical (unpaired) electrons. The number of ether oxygens (including phenoxy) is 1. The molecule has 9 heteroatoms. The zero-order chi connectivity index (χ0) is 27.6. The van der Waals surface area contributed by atoms with E-state index in [9.17, 15) is 14.4 Å². The molecule has 0 saturated carbocycles. The number of nitrogens with zero attached hydrogens (tertiary/aromatic N) is 5. The summed E-state index contributed by atoms with van der Waals surface area (Å²) in [5, 5.41) is 0. The summed E-state index contributed by atoms with van der Waals surface area (Å²) in [5.74, 6) is -0.155. The minimum absolute atomic E-state index is 0.218. The van der Waals surface area contributed by atoms with Gasteiger partial charge in [-0.1, -0.05) is 12.1 Å². The average molecular weight is 528 g/mol. The fraction of sp³-hybridized carbons (Fsp3) is 0.367. The maximum atomic E-state index is 14.1. The number of urea groups is 1. The Morgan fingerprint density at radius 1 is 0.846 bits per heavy atom. The van der Waals surface area contributed by atoms with Crippen molar-refractivity contribution in [2.24, 2.45) is 5.41 Å². The summed E-state index contributed by atoms with van der Waals surface area (Å²) < 4.78 is 7.81. The summed E-state index contributed by atoms with van der Waals surface area (Å²) in [6.07, 6.45) is 0.218. The lowest BCUT2D eigenvalue weighted by molar-refractivity contribution is -0.159. The number of barbiturate groups is 1. The first-order chi connectivity index (χ1) is 18.7. The summed E-state index contributed by atoms with van der Waals surface area (Å²) in [7, 11) is 4.58. The summed E-state index contributed by atoms with van der Waals surface area (Å²) in [6.45, 7) is 5.86. The van der Waals surface area contributed by atoms with E-state index in [1.807, 2.05) is 24.3 Å². The van der Waals surface area contributed by atoms with Crippen LogP contribution in [0, 0.1) is 19.3 Å². The monoisotopic (exact) mass is 527 g/mol. The number of para-hydroxylation sites is 2. The van der Waals surface area contributed by atoms with Gasteiger partial charge >= 0.3 is 6.03 Å². The third-order valence-electron chi connectivity index (χ3n) is 8.69. The van der Waals surface area contributed by atoms with E-state index < -0.39 is 29.3 Å². The molecule has 1 aromatic heterocycles. The number of benzene rings is 2. The topological polar surface area (TPSA) is 78.3 Å². The molecule has 1 unspecified atom stereocenters. The van der Waals surface area contributed by atoms with Gasteiger partial charge in [0.15, 0.2) is 5.41 Å². The van der Waals surface area contributed by atoms with Crippen molar-refractivity contribution in [1.29, 1.82) is 0 Å². The van der Waals surface area contributed by atoms with E-state index in [0.717, 1.165) is 49.6 Å². The highest BCUT2D eigenvalue weighted by atomic mass is 16.5. The predicted octanol–water partition coefficient (Wildman–Crippen LogP) is 3.39. The second-order valence-electron chi connectivity index (χ2n) is 10.8. The summed E-state index contributed by atoms with van der Waals surface area (Å²) in [5.41, 5.74) is 4.64. The predicted molar refractivity (Wildman–Crippen MR) is 149 cm³/mol. The van der Waals surface area contributed by atoms with Crippen molar-refractivity contribution in [1.82, 2.24) is 14.4 Å². The van der Waals surface area contributed by atoms with E-state index in [4.69, 9.17) is 4.74 Å². The van der Waals surface area contributed by atoms with Gasteiger partial charge in [-0.3, -0.25) is 19.4 Å². The van der Waals surface area contributed by atoms with Gasteiger partial charge in [0.2, 0.25) is 11.8 Å². The van der Waals surface area contributed by atoms with Crippen molar-refractivity contribution in [3.05, 3.63) is 71.5 Å². The standard InChI is InChI=1S/C30H33N5O4/c1-19-10-11-20(2)35(19)22-12-13-23-21(16-22)17-30(27(36)31(3)29(38)32(4)28(30)37)26-18-33(14-15-34(23)26)24-8-6-7-9-25(24)39-5/h6-13,16,26H,14-15,17-18H2,1-5H3. The van der Waals surface area contributed by atoms with Crippen LogP contribution in [-0.2, 0) is 16.0 Å². The lowest BCUT2D eigenvalue weighted by Crippen LogP contribution is -2.74. The van der Waals surface area contributed by atoms with Gasteiger partial charge in [0.1, 0.15) is 5.75 Å². The number of hydrogen-bond donors (Lipinski definition) is 0. The Kier molecular flexibility index (Phi) is 5.71. The van der Waals surface area contributed by atoms with Gasteiger partial charge in [-0.15, -0.1) is 0 Å². The molecule has 1 spiro atoms. The lowest BCUT2D eigenvalue weighted by atomic mass is 9.67. The molecule has 0 aliphatic carbocycles. The molecule has 2 saturated heterocycles. The number of amides is 4. The van der Waals surface area contributed by atoms with Crippen molar-refractivity contribution >= 4 is 29.2 Å². The van der Waals surface area contributed by atoms with Crippen LogP contribution in [0.25, 0.3) is 5.69 Å². The van der Waals surface area contributed by atoms with Crippen LogP contribution in [0.2, 0.25) is 0 Å². The molecule has 0 N–H and O–H groups in total. The number of imide groups is 2. The van der Waals surface area contributed by atoms with E-state index in [0.29, 0.717) is 19.6 Å². The van der Waals surface area contributed by atoms with Crippen molar-refractivity contribution < 1.29 is 19.1 Å². The number of aryl methyl sites for hydroxylation is 2. The number of carbonyl (C=O) groups excluding carboxylic acids is 3. The van der Waals surface area contributed by atoms with Crippen molar-refractivity contribution in [3.8, 4) is 11.4 Å². The summed E-state index contributed by atoms with van der Waals surface area (Å²) in [6, 6.07) is 17.2. The SMILES string of the molecule is COc1ccccc1N1CCN2c3ccc(-n4c(C)ccc4C)cc3CC3(C(=O)N(C)C(=O)N(C)C3=O)C2C1. The number of carbonyl (C=O) groups is 3. The Balaban J connectivity index is 1.51. The van der Waals surface area contributed by atoms with Crippen LogP contribution in [-0.4, -0.2) is 79.1 Å². The van der Waals surface area contributed by atoms with Gasteiger partial charge in [0.25, 0.3) is 0 Å². The molecule has 3 aromatic rings. The summed E-state index contributed by atoms with van der Waals surface area (Å²) in [4.78, 5) is 47.6. The molecule has 202 valence electrons. The molecule has 4 heterocycles. The van der Waals surface area contributed by atoms with Crippen LogP contribution >= 0.6 is 0 Å². The first kappa shape index (κ1) is 25.0. The fourth-order valence-corrected chi connectivity index (χ4v) is 6.75. The molecule has 6 rings (SSSR count). The van der Waals surface area contributed by atoms with Gasteiger partial charge in [-0.2, -0.15) is 0 Å². The Hall–Kier alpha value is -4.27. The lowest BCUT2D eigenvalue weighted by Gasteiger charge is -2.56.